The first-order valence-electron chi connectivity index (χ1n) is 4.86. The van der Waals surface area contributed by atoms with Gasteiger partial charge in [-0.25, -0.2) is 4.98 Å². The molecule has 0 aliphatic carbocycles. The number of carbonyl (C=O) groups is 1. The predicted molar refractivity (Wildman–Crippen MR) is 75.9 cm³/mol. The Morgan fingerprint density at radius 3 is 2.39 bits per heavy atom. The van der Waals surface area contributed by atoms with Crippen LogP contribution in [-0.4, -0.2) is 10.1 Å². The molecule has 0 N–H and O–H groups in total. The van der Waals surface area contributed by atoms with Crippen molar-refractivity contribution in [1.82, 2.24) is 4.98 Å². The quantitative estimate of drug-likeness (QED) is 0.578. The van der Waals surface area contributed by atoms with E-state index in [0.29, 0.717) is 10.5 Å². The summed E-state index contributed by atoms with van der Waals surface area (Å²) < 4.78 is 0. The summed E-state index contributed by atoms with van der Waals surface area (Å²) in [6.45, 7) is 0. The number of benzene rings is 1. The Kier molecular flexibility index (Phi) is 4.51. The lowest BCUT2D eigenvalue weighted by Crippen LogP contribution is -1.93. The highest BCUT2D eigenvalue weighted by molar-refractivity contribution is 8.14. The summed E-state index contributed by atoms with van der Waals surface area (Å²) in [7, 11) is 0. The van der Waals surface area contributed by atoms with Crippen LogP contribution in [0.25, 0.3) is 0 Å². The third kappa shape index (κ3) is 3.18. The van der Waals surface area contributed by atoms with Gasteiger partial charge in [-0.3, -0.25) is 4.79 Å². The van der Waals surface area contributed by atoms with Gasteiger partial charge < -0.3 is 0 Å². The van der Waals surface area contributed by atoms with E-state index in [-0.39, 0.29) is 20.4 Å². The van der Waals surface area contributed by atoms with Crippen molar-refractivity contribution < 1.29 is 4.79 Å². The van der Waals surface area contributed by atoms with Crippen LogP contribution in [0.4, 0.5) is 0 Å². The van der Waals surface area contributed by atoms with Crippen molar-refractivity contribution in [3.05, 3.63) is 57.3 Å². The zero-order valence-corrected chi connectivity index (χ0v) is 11.9. The molecule has 92 valence electrons. The van der Waals surface area contributed by atoms with Crippen molar-refractivity contribution in [2.45, 2.75) is 4.90 Å². The SMILES string of the molecule is O=C(Sc1cc(Cl)c(Cl)nc1Cl)c1ccccc1. The van der Waals surface area contributed by atoms with Crippen LogP contribution in [-0.2, 0) is 0 Å². The minimum atomic E-state index is -0.127. The normalized spacial score (nSPS) is 10.4. The van der Waals surface area contributed by atoms with Crippen LogP contribution in [0.15, 0.2) is 41.3 Å². The molecule has 2 nitrogen and oxygen atoms in total. The molecule has 0 saturated heterocycles. The van der Waals surface area contributed by atoms with Gasteiger partial charge in [-0.1, -0.05) is 65.1 Å². The Hall–Kier alpha value is -0.740. The van der Waals surface area contributed by atoms with E-state index < -0.39 is 0 Å². The Bertz CT molecular complexity index is 589. The van der Waals surface area contributed by atoms with Gasteiger partial charge in [0.2, 0.25) is 5.12 Å². The number of nitrogens with zero attached hydrogens (tertiary/aromatic N) is 1. The second-order valence-corrected chi connectivity index (χ2v) is 5.44. The lowest BCUT2D eigenvalue weighted by Gasteiger charge is -2.04. The predicted octanol–water partition coefficient (Wildman–Crippen LogP) is 4.97. The summed E-state index contributed by atoms with van der Waals surface area (Å²) in [5, 5.41) is 0.430. The van der Waals surface area contributed by atoms with Crippen LogP contribution in [0.2, 0.25) is 15.3 Å². The molecular formula is C12H6Cl3NOS. The number of rotatable bonds is 2. The van der Waals surface area contributed by atoms with Gasteiger partial charge in [-0.2, -0.15) is 0 Å². The van der Waals surface area contributed by atoms with Gasteiger partial charge >= 0.3 is 0 Å². The van der Waals surface area contributed by atoms with Gasteiger partial charge in [0.15, 0.2) is 0 Å². The monoisotopic (exact) mass is 317 g/mol. The molecule has 0 aliphatic rings. The van der Waals surface area contributed by atoms with E-state index in [9.17, 15) is 4.79 Å². The number of aromatic nitrogens is 1. The molecule has 1 aromatic heterocycles. The lowest BCUT2D eigenvalue weighted by atomic mass is 10.2. The fourth-order valence-electron chi connectivity index (χ4n) is 1.23. The van der Waals surface area contributed by atoms with Gasteiger partial charge in [-0.15, -0.1) is 0 Å². The number of thioether (sulfide) groups is 1. The fourth-order valence-corrected chi connectivity index (χ4v) is 2.65. The van der Waals surface area contributed by atoms with E-state index in [0.717, 1.165) is 11.8 Å². The molecule has 0 aliphatic heterocycles. The van der Waals surface area contributed by atoms with Crippen molar-refractivity contribution in [2.75, 3.05) is 0 Å². The van der Waals surface area contributed by atoms with E-state index in [1.807, 2.05) is 6.07 Å². The first kappa shape index (κ1) is 13.7. The number of hydrogen-bond donors (Lipinski definition) is 0. The standard InChI is InChI=1S/C12H6Cl3NOS/c13-8-6-9(11(15)16-10(8)14)18-12(17)7-4-2-1-3-5-7/h1-6H. The lowest BCUT2D eigenvalue weighted by molar-refractivity contribution is 0.108. The smallest absolute Gasteiger partial charge is 0.224 e. The third-order valence-electron chi connectivity index (χ3n) is 2.07. The van der Waals surface area contributed by atoms with Crippen molar-refractivity contribution >= 4 is 51.7 Å². The second kappa shape index (κ2) is 5.93. The second-order valence-electron chi connectivity index (χ2n) is 3.31. The molecule has 0 atom stereocenters. The number of carbonyl (C=O) groups excluding carboxylic acids is 1. The van der Waals surface area contributed by atoms with Gasteiger partial charge in [0, 0.05) is 5.56 Å². The zero-order valence-electron chi connectivity index (χ0n) is 8.86. The summed E-state index contributed by atoms with van der Waals surface area (Å²) in [5.74, 6) is 0. The van der Waals surface area contributed by atoms with E-state index in [1.54, 1.807) is 24.3 Å². The van der Waals surface area contributed by atoms with Crippen molar-refractivity contribution in [1.29, 1.82) is 0 Å². The molecule has 2 aromatic rings. The zero-order chi connectivity index (χ0) is 13.1. The molecule has 1 heterocycles. The largest absolute Gasteiger partial charge is 0.281 e. The maximum absolute atomic E-state index is 12.0. The number of halogens is 3. The highest BCUT2D eigenvalue weighted by atomic mass is 35.5. The molecular weight excluding hydrogens is 313 g/mol. The minimum Gasteiger partial charge on any atom is -0.281 e. The summed E-state index contributed by atoms with van der Waals surface area (Å²) in [5.41, 5.74) is 0.588. The first-order chi connectivity index (χ1) is 8.58. The van der Waals surface area contributed by atoms with Crippen LogP contribution in [0, 0.1) is 0 Å². The summed E-state index contributed by atoms with van der Waals surface area (Å²) in [6, 6.07) is 10.4. The average Bonchev–Trinajstić information content (AvgIpc) is 2.37. The van der Waals surface area contributed by atoms with E-state index in [4.69, 9.17) is 34.8 Å². The summed E-state index contributed by atoms with van der Waals surface area (Å²) in [6.07, 6.45) is 0. The number of pyridine rings is 1. The molecule has 6 heteroatoms. The molecule has 0 fully saturated rings. The number of hydrogen-bond acceptors (Lipinski definition) is 3. The maximum Gasteiger partial charge on any atom is 0.224 e. The molecule has 18 heavy (non-hydrogen) atoms. The van der Waals surface area contributed by atoms with Crippen molar-refractivity contribution in [2.24, 2.45) is 0 Å². The molecule has 0 unspecified atom stereocenters. The highest BCUT2D eigenvalue weighted by Crippen LogP contribution is 2.33. The molecule has 0 radical (unpaired) electrons. The van der Waals surface area contributed by atoms with Crippen LogP contribution in [0.5, 0.6) is 0 Å². The van der Waals surface area contributed by atoms with Crippen LogP contribution >= 0.6 is 46.6 Å². The molecule has 0 amide bonds. The summed E-state index contributed by atoms with van der Waals surface area (Å²) in [4.78, 5) is 16.3. The van der Waals surface area contributed by atoms with Gasteiger partial charge in [0.25, 0.3) is 0 Å². The summed E-state index contributed by atoms with van der Waals surface area (Å²) >= 11 is 18.4. The molecule has 1 aromatic carbocycles. The van der Waals surface area contributed by atoms with Crippen LogP contribution < -0.4 is 0 Å². The van der Waals surface area contributed by atoms with Crippen molar-refractivity contribution in [3.8, 4) is 0 Å². The Balaban J connectivity index is 2.25. The minimum absolute atomic E-state index is 0.123. The molecule has 0 saturated carbocycles. The van der Waals surface area contributed by atoms with E-state index in [2.05, 4.69) is 4.98 Å². The Morgan fingerprint density at radius 1 is 1.06 bits per heavy atom. The van der Waals surface area contributed by atoms with Crippen molar-refractivity contribution in [3.63, 3.8) is 0 Å². The Morgan fingerprint density at radius 2 is 1.72 bits per heavy atom. The Labute approximate surface area is 123 Å². The van der Waals surface area contributed by atoms with E-state index in [1.165, 1.54) is 6.07 Å². The van der Waals surface area contributed by atoms with Gasteiger partial charge in [0.1, 0.15) is 10.3 Å². The van der Waals surface area contributed by atoms with Gasteiger partial charge in [-0.05, 0) is 17.8 Å². The van der Waals surface area contributed by atoms with E-state index >= 15 is 0 Å². The highest BCUT2D eigenvalue weighted by Gasteiger charge is 2.13. The first-order valence-corrected chi connectivity index (χ1v) is 6.81. The molecule has 0 spiro atoms. The maximum atomic E-state index is 12.0. The average molecular weight is 319 g/mol. The van der Waals surface area contributed by atoms with Crippen LogP contribution in [0.3, 0.4) is 0 Å². The topological polar surface area (TPSA) is 30.0 Å². The fraction of sp³-hybridized carbons (Fsp3) is 0. The molecule has 2 rings (SSSR count). The molecule has 0 bridgehead atoms. The third-order valence-corrected chi connectivity index (χ3v) is 4.09. The van der Waals surface area contributed by atoms with Crippen LogP contribution in [0.1, 0.15) is 10.4 Å². The van der Waals surface area contributed by atoms with Gasteiger partial charge in [0.05, 0.1) is 9.92 Å².